The number of anilines is 1. The number of non-ortho nitro benzene ring substituents is 1. The first-order chi connectivity index (χ1) is 14.8. The number of carbonyl (C=O) groups excluding carboxylic acids is 2. The van der Waals surface area contributed by atoms with E-state index in [4.69, 9.17) is 0 Å². The molecule has 0 aliphatic carbocycles. The normalized spacial score (nSPS) is 10.8. The van der Waals surface area contributed by atoms with Crippen molar-refractivity contribution in [3.63, 3.8) is 0 Å². The van der Waals surface area contributed by atoms with Crippen molar-refractivity contribution >= 4 is 29.4 Å². The maximum Gasteiger partial charge on any atom is 0.329 e. The fourth-order valence-corrected chi connectivity index (χ4v) is 2.99. The summed E-state index contributed by atoms with van der Waals surface area (Å²) in [6, 6.07) is 13.2. The Bertz CT molecular complexity index is 1180. The molecule has 0 saturated carbocycles. The summed E-state index contributed by atoms with van der Waals surface area (Å²) < 4.78 is 15.9. The lowest BCUT2D eigenvalue weighted by atomic mass is 10.2. The summed E-state index contributed by atoms with van der Waals surface area (Å²) in [4.78, 5) is 33.9. The molecule has 2 N–H and O–H groups in total. The third kappa shape index (κ3) is 4.81. The summed E-state index contributed by atoms with van der Waals surface area (Å²) in [5.41, 5.74) is 4.70. The van der Waals surface area contributed by atoms with Gasteiger partial charge in [0.2, 0.25) is 0 Å². The molecule has 0 fully saturated rings. The average Bonchev–Trinajstić information content (AvgIpc) is 3.02. The number of nitro groups is 1. The van der Waals surface area contributed by atoms with E-state index in [0.717, 1.165) is 5.69 Å². The topological polar surface area (TPSA) is 119 Å². The minimum Gasteiger partial charge on any atom is -0.318 e. The highest BCUT2D eigenvalue weighted by molar-refractivity contribution is 6.39. The van der Waals surface area contributed by atoms with Crippen molar-refractivity contribution in [3.8, 4) is 5.69 Å². The van der Waals surface area contributed by atoms with Gasteiger partial charge in [-0.15, -0.1) is 0 Å². The highest BCUT2D eigenvalue weighted by Gasteiger charge is 2.15. The summed E-state index contributed by atoms with van der Waals surface area (Å²) in [6.07, 6.45) is 1.36. The van der Waals surface area contributed by atoms with E-state index in [-0.39, 0.29) is 17.2 Å². The van der Waals surface area contributed by atoms with Crippen LogP contribution in [0, 0.1) is 29.8 Å². The van der Waals surface area contributed by atoms with E-state index in [1.165, 1.54) is 36.5 Å². The maximum absolute atomic E-state index is 14.1. The fraction of sp³-hybridized carbons (Fsp3) is 0.0952. The van der Waals surface area contributed by atoms with Crippen LogP contribution in [0.25, 0.3) is 5.69 Å². The smallest absolute Gasteiger partial charge is 0.318 e. The van der Waals surface area contributed by atoms with Gasteiger partial charge in [-0.05, 0) is 44.2 Å². The number of aryl methyl sites for hydroxylation is 1. The number of para-hydroxylation sites is 1. The van der Waals surface area contributed by atoms with Crippen LogP contribution in [0.4, 0.5) is 15.8 Å². The van der Waals surface area contributed by atoms with Gasteiger partial charge in [0.15, 0.2) is 0 Å². The van der Waals surface area contributed by atoms with Gasteiger partial charge >= 0.3 is 11.8 Å². The van der Waals surface area contributed by atoms with Gasteiger partial charge in [0.1, 0.15) is 5.82 Å². The monoisotopic (exact) mass is 423 g/mol. The minimum atomic E-state index is -1.02. The number of amides is 2. The molecule has 3 rings (SSSR count). The van der Waals surface area contributed by atoms with Crippen molar-refractivity contribution in [1.29, 1.82) is 0 Å². The molecular formula is C21H18FN5O4. The van der Waals surface area contributed by atoms with Crippen LogP contribution in [0.15, 0.2) is 59.7 Å². The zero-order chi connectivity index (χ0) is 22.5. The number of halogens is 1. The number of nitro benzene ring substituents is 1. The number of hydrogen-bond donors (Lipinski definition) is 2. The Hall–Kier alpha value is -4.34. The van der Waals surface area contributed by atoms with Gasteiger partial charge in [0, 0.05) is 34.8 Å². The minimum absolute atomic E-state index is 0.139. The second-order valence-corrected chi connectivity index (χ2v) is 6.57. The first kappa shape index (κ1) is 21.4. The molecule has 0 bridgehead atoms. The largest absolute Gasteiger partial charge is 0.329 e. The van der Waals surface area contributed by atoms with Crippen molar-refractivity contribution in [1.82, 2.24) is 9.99 Å². The van der Waals surface area contributed by atoms with E-state index in [2.05, 4.69) is 15.8 Å². The van der Waals surface area contributed by atoms with Crippen molar-refractivity contribution in [3.05, 3.63) is 87.5 Å². The highest BCUT2D eigenvalue weighted by Crippen LogP contribution is 2.21. The standard InChI is InChI=1S/C21H18FN5O4/c1-13-11-15(14(2)26(13)19-6-4-3-5-18(19)22)12-23-25-21(29)20(28)24-16-7-9-17(10-8-16)27(30)31/h3-12H,1-2H3,(H,24,28)(H,25,29)/b23-12-. The Balaban J connectivity index is 1.66. The Morgan fingerprint density at radius 3 is 2.42 bits per heavy atom. The van der Waals surface area contributed by atoms with Crippen LogP contribution in [-0.2, 0) is 9.59 Å². The van der Waals surface area contributed by atoms with Gasteiger partial charge in [-0.25, -0.2) is 9.82 Å². The highest BCUT2D eigenvalue weighted by atomic mass is 19.1. The molecule has 2 aromatic carbocycles. The van der Waals surface area contributed by atoms with Crippen LogP contribution in [-0.4, -0.2) is 27.5 Å². The number of nitrogens with zero attached hydrogens (tertiary/aromatic N) is 3. The Labute approximate surface area is 176 Å². The predicted octanol–water partition coefficient (Wildman–Crippen LogP) is 3.23. The van der Waals surface area contributed by atoms with Crippen molar-refractivity contribution in [2.24, 2.45) is 5.10 Å². The van der Waals surface area contributed by atoms with Crippen molar-refractivity contribution in [2.45, 2.75) is 13.8 Å². The number of nitrogens with one attached hydrogen (secondary N) is 2. The van der Waals surface area contributed by atoms with Crippen LogP contribution >= 0.6 is 0 Å². The summed E-state index contributed by atoms with van der Waals surface area (Å²) in [5, 5.41) is 16.7. The van der Waals surface area contributed by atoms with E-state index < -0.39 is 16.7 Å². The van der Waals surface area contributed by atoms with Gasteiger partial charge < -0.3 is 9.88 Å². The second kappa shape index (κ2) is 8.99. The second-order valence-electron chi connectivity index (χ2n) is 6.57. The molecule has 9 nitrogen and oxygen atoms in total. The molecule has 31 heavy (non-hydrogen) atoms. The van der Waals surface area contributed by atoms with Crippen molar-refractivity contribution < 1.29 is 18.9 Å². The summed E-state index contributed by atoms with van der Waals surface area (Å²) in [5.74, 6) is -2.37. The van der Waals surface area contributed by atoms with Gasteiger partial charge in [-0.3, -0.25) is 19.7 Å². The third-order valence-electron chi connectivity index (χ3n) is 4.48. The quantitative estimate of drug-likeness (QED) is 0.283. The molecular weight excluding hydrogens is 405 g/mol. The van der Waals surface area contributed by atoms with Crippen LogP contribution in [0.2, 0.25) is 0 Å². The lowest BCUT2D eigenvalue weighted by molar-refractivity contribution is -0.384. The Morgan fingerprint density at radius 2 is 1.77 bits per heavy atom. The zero-order valence-corrected chi connectivity index (χ0v) is 16.6. The molecule has 0 aliphatic heterocycles. The molecule has 1 heterocycles. The van der Waals surface area contributed by atoms with Gasteiger partial charge in [0.25, 0.3) is 5.69 Å². The molecule has 0 spiro atoms. The molecule has 0 aliphatic rings. The fourth-order valence-electron chi connectivity index (χ4n) is 2.99. The Morgan fingerprint density at radius 1 is 1.10 bits per heavy atom. The number of carbonyl (C=O) groups is 2. The van der Waals surface area contributed by atoms with E-state index in [9.17, 15) is 24.1 Å². The molecule has 0 radical (unpaired) electrons. The average molecular weight is 423 g/mol. The molecule has 158 valence electrons. The first-order valence-corrected chi connectivity index (χ1v) is 9.10. The number of hydrogen-bond acceptors (Lipinski definition) is 5. The van der Waals surface area contributed by atoms with Crippen molar-refractivity contribution in [2.75, 3.05) is 5.32 Å². The number of aromatic nitrogens is 1. The lowest BCUT2D eigenvalue weighted by Crippen LogP contribution is -2.32. The van der Waals surface area contributed by atoms with Gasteiger partial charge in [-0.1, -0.05) is 12.1 Å². The molecule has 0 unspecified atom stereocenters. The molecule has 2 amide bonds. The maximum atomic E-state index is 14.1. The zero-order valence-electron chi connectivity index (χ0n) is 16.6. The van der Waals surface area contributed by atoms with Crippen LogP contribution in [0.5, 0.6) is 0 Å². The van der Waals surface area contributed by atoms with E-state index >= 15 is 0 Å². The van der Waals surface area contributed by atoms with Crippen LogP contribution in [0.1, 0.15) is 17.0 Å². The van der Waals surface area contributed by atoms with Crippen LogP contribution < -0.4 is 10.7 Å². The predicted molar refractivity (Wildman–Crippen MR) is 113 cm³/mol. The third-order valence-corrected chi connectivity index (χ3v) is 4.48. The van der Waals surface area contributed by atoms with Gasteiger partial charge in [0.05, 0.1) is 16.8 Å². The molecule has 10 heteroatoms. The summed E-state index contributed by atoms with van der Waals surface area (Å²) in [6.45, 7) is 3.59. The summed E-state index contributed by atoms with van der Waals surface area (Å²) >= 11 is 0. The van der Waals surface area contributed by atoms with E-state index in [1.54, 1.807) is 35.8 Å². The summed E-state index contributed by atoms with van der Waals surface area (Å²) in [7, 11) is 0. The molecule has 0 saturated heterocycles. The Kier molecular flexibility index (Phi) is 6.20. The van der Waals surface area contributed by atoms with E-state index in [1.807, 2.05) is 6.92 Å². The first-order valence-electron chi connectivity index (χ1n) is 9.10. The molecule has 1 aromatic heterocycles. The molecule has 0 atom stereocenters. The number of rotatable bonds is 5. The van der Waals surface area contributed by atoms with Gasteiger partial charge in [-0.2, -0.15) is 5.10 Å². The lowest BCUT2D eigenvalue weighted by Gasteiger charge is -2.10. The number of benzene rings is 2. The number of hydrazone groups is 1. The van der Waals surface area contributed by atoms with E-state index in [0.29, 0.717) is 16.9 Å². The van der Waals surface area contributed by atoms with Crippen LogP contribution in [0.3, 0.4) is 0 Å². The SMILES string of the molecule is Cc1cc(/C=N\NC(=O)C(=O)Nc2ccc([N+](=O)[O-])cc2)c(C)n1-c1ccccc1F. The molecule has 3 aromatic rings.